The molecule has 0 aromatic heterocycles. The third-order valence-corrected chi connectivity index (χ3v) is 4.57. The van der Waals surface area contributed by atoms with E-state index in [2.05, 4.69) is 5.32 Å². The van der Waals surface area contributed by atoms with E-state index >= 15 is 0 Å². The predicted molar refractivity (Wildman–Crippen MR) is 84.3 cm³/mol. The Hall–Kier alpha value is -2.29. The summed E-state index contributed by atoms with van der Waals surface area (Å²) in [4.78, 5) is 27.8. The molecule has 25 heavy (non-hydrogen) atoms. The van der Waals surface area contributed by atoms with Crippen molar-refractivity contribution in [2.24, 2.45) is 0 Å². The van der Waals surface area contributed by atoms with Gasteiger partial charge < -0.3 is 15.1 Å². The van der Waals surface area contributed by atoms with E-state index in [0.717, 1.165) is 17.0 Å². The van der Waals surface area contributed by atoms with Crippen molar-refractivity contribution in [3.05, 3.63) is 29.8 Å². The highest BCUT2D eigenvalue weighted by Gasteiger charge is 2.32. The van der Waals surface area contributed by atoms with E-state index in [-0.39, 0.29) is 18.5 Å². The van der Waals surface area contributed by atoms with Gasteiger partial charge in [-0.05, 0) is 18.2 Å². The number of hydrogen-bond donors (Lipinski definition) is 2. The molecule has 0 saturated carbocycles. The van der Waals surface area contributed by atoms with Crippen LogP contribution in [0.5, 0.6) is 0 Å². The van der Waals surface area contributed by atoms with Crippen LogP contribution in [0, 0.1) is 0 Å². The second-order valence-corrected chi connectivity index (χ2v) is 6.24. The van der Waals surface area contributed by atoms with Gasteiger partial charge in [0.25, 0.3) is 5.91 Å². The summed E-state index contributed by atoms with van der Waals surface area (Å²) in [6, 6.07) is 4.94. The Morgan fingerprint density at radius 3 is 2.52 bits per heavy atom. The molecule has 0 atom stereocenters. The SMILES string of the molecule is O=C(C[NH+]1CCN(c2cccc(C(F)(F)F)c2)CC1)N1CCNC1=O. The first kappa shape index (κ1) is 17.5. The molecular weight excluding hydrogens is 337 g/mol. The maximum atomic E-state index is 12.8. The van der Waals surface area contributed by atoms with Crippen LogP contribution in [-0.4, -0.2) is 62.7 Å². The number of amides is 3. The number of benzene rings is 1. The lowest BCUT2D eigenvalue weighted by Crippen LogP contribution is -3.16. The number of alkyl halides is 3. The normalized spacial score (nSPS) is 19.2. The van der Waals surface area contributed by atoms with E-state index in [0.29, 0.717) is 45.0 Å². The highest BCUT2D eigenvalue weighted by atomic mass is 19.4. The molecule has 2 N–H and O–H groups in total. The zero-order valence-electron chi connectivity index (χ0n) is 13.6. The topological polar surface area (TPSA) is 57.1 Å². The van der Waals surface area contributed by atoms with Gasteiger partial charge in [-0.15, -0.1) is 0 Å². The van der Waals surface area contributed by atoms with Crippen LogP contribution in [0.4, 0.5) is 23.7 Å². The molecule has 6 nitrogen and oxygen atoms in total. The molecule has 1 aromatic rings. The van der Waals surface area contributed by atoms with Crippen LogP contribution in [0.15, 0.2) is 24.3 Å². The summed E-state index contributed by atoms with van der Waals surface area (Å²) >= 11 is 0. The van der Waals surface area contributed by atoms with Gasteiger partial charge in [0.05, 0.1) is 31.7 Å². The average Bonchev–Trinajstić information content (AvgIpc) is 3.01. The summed E-state index contributed by atoms with van der Waals surface area (Å²) in [5, 5.41) is 2.59. The van der Waals surface area contributed by atoms with Crippen LogP contribution in [0.2, 0.25) is 0 Å². The minimum Gasteiger partial charge on any atom is -0.360 e. The van der Waals surface area contributed by atoms with Crippen LogP contribution in [0.1, 0.15) is 5.56 Å². The smallest absolute Gasteiger partial charge is 0.360 e. The Kier molecular flexibility index (Phi) is 4.85. The second kappa shape index (κ2) is 6.91. The minimum absolute atomic E-state index is 0.211. The first-order valence-electron chi connectivity index (χ1n) is 8.18. The Labute approximate surface area is 143 Å². The lowest BCUT2D eigenvalue weighted by molar-refractivity contribution is -0.892. The summed E-state index contributed by atoms with van der Waals surface area (Å²) in [5.41, 5.74) is -0.117. The number of rotatable bonds is 3. The number of hydrogen-bond acceptors (Lipinski definition) is 3. The summed E-state index contributed by atoms with van der Waals surface area (Å²) in [7, 11) is 0. The monoisotopic (exact) mass is 357 g/mol. The highest BCUT2D eigenvalue weighted by Crippen LogP contribution is 2.31. The molecule has 2 aliphatic rings. The zero-order chi connectivity index (χ0) is 18.0. The molecule has 3 rings (SSSR count). The van der Waals surface area contributed by atoms with Gasteiger partial charge in [-0.1, -0.05) is 6.07 Å². The van der Waals surface area contributed by atoms with Crippen molar-refractivity contribution in [3.8, 4) is 0 Å². The predicted octanol–water partition coefficient (Wildman–Crippen LogP) is -0.0379. The van der Waals surface area contributed by atoms with Crippen LogP contribution in [0.3, 0.4) is 0 Å². The first-order chi connectivity index (χ1) is 11.8. The van der Waals surface area contributed by atoms with E-state index in [1.165, 1.54) is 11.0 Å². The van der Waals surface area contributed by atoms with Gasteiger partial charge in [-0.2, -0.15) is 13.2 Å². The van der Waals surface area contributed by atoms with Crippen LogP contribution in [0.25, 0.3) is 0 Å². The van der Waals surface area contributed by atoms with Crippen molar-refractivity contribution in [3.63, 3.8) is 0 Å². The molecule has 2 heterocycles. The maximum Gasteiger partial charge on any atom is 0.416 e. The number of urea groups is 1. The Bertz CT molecular complexity index is 657. The van der Waals surface area contributed by atoms with Crippen molar-refractivity contribution in [2.45, 2.75) is 6.18 Å². The lowest BCUT2D eigenvalue weighted by atomic mass is 10.1. The van der Waals surface area contributed by atoms with Crippen molar-refractivity contribution in [1.82, 2.24) is 10.2 Å². The summed E-state index contributed by atoms with van der Waals surface area (Å²) in [6.07, 6.45) is -4.36. The summed E-state index contributed by atoms with van der Waals surface area (Å²) in [5.74, 6) is -0.211. The van der Waals surface area contributed by atoms with Crippen LogP contribution in [-0.2, 0) is 11.0 Å². The summed E-state index contributed by atoms with van der Waals surface area (Å²) < 4.78 is 38.5. The average molecular weight is 357 g/mol. The van der Waals surface area contributed by atoms with Crippen molar-refractivity contribution < 1.29 is 27.7 Å². The van der Waals surface area contributed by atoms with E-state index in [4.69, 9.17) is 0 Å². The third-order valence-electron chi connectivity index (χ3n) is 4.57. The summed E-state index contributed by atoms with van der Waals surface area (Å²) in [6.45, 7) is 3.50. The largest absolute Gasteiger partial charge is 0.416 e. The Balaban J connectivity index is 1.55. The standard InChI is InChI=1S/C16H19F3N4O2/c17-16(18,19)12-2-1-3-13(10-12)22-8-6-21(7-9-22)11-14(24)23-5-4-20-15(23)25/h1-3,10H,4-9,11H2,(H,20,25)/p+1. The fraction of sp³-hybridized carbons (Fsp3) is 0.500. The fourth-order valence-electron chi connectivity index (χ4n) is 3.16. The number of carbonyl (C=O) groups is 2. The number of nitrogens with zero attached hydrogens (tertiary/aromatic N) is 2. The van der Waals surface area contributed by atoms with Crippen molar-refractivity contribution >= 4 is 17.6 Å². The zero-order valence-corrected chi connectivity index (χ0v) is 13.6. The second-order valence-electron chi connectivity index (χ2n) is 6.24. The van der Waals surface area contributed by atoms with Crippen molar-refractivity contribution in [1.29, 1.82) is 0 Å². The van der Waals surface area contributed by atoms with E-state index < -0.39 is 11.7 Å². The molecule has 0 spiro atoms. The molecular formula is C16H20F3N4O2+. The Morgan fingerprint density at radius 2 is 1.92 bits per heavy atom. The van der Waals surface area contributed by atoms with Crippen LogP contribution >= 0.6 is 0 Å². The van der Waals surface area contributed by atoms with Gasteiger partial charge >= 0.3 is 12.2 Å². The molecule has 0 aliphatic carbocycles. The quantitative estimate of drug-likeness (QED) is 0.798. The molecule has 0 radical (unpaired) electrons. The number of halogens is 3. The number of quaternary nitrogens is 1. The number of piperazine rings is 1. The highest BCUT2D eigenvalue weighted by molar-refractivity contribution is 5.96. The van der Waals surface area contributed by atoms with Gasteiger partial charge in [-0.3, -0.25) is 9.69 Å². The van der Waals surface area contributed by atoms with E-state index in [1.54, 1.807) is 6.07 Å². The molecule has 0 unspecified atom stereocenters. The van der Waals surface area contributed by atoms with Crippen molar-refractivity contribution in [2.75, 3.05) is 50.7 Å². The molecule has 0 bridgehead atoms. The molecule has 2 saturated heterocycles. The fourth-order valence-corrected chi connectivity index (χ4v) is 3.16. The molecule has 9 heteroatoms. The molecule has 1 aromatic carbocycles. The lowest BCUT2D eigenvalue weighted by Gasteiger charge is -2.34. The number of anilines is 1. The number of nitrogens with one attached hydrogen (secondary N) is 2. The van der Waals surface area contributed by atoms with Gasteiger partial charge in [0, 0.05) is 18.8 Å². The number of imide groups is 1. The van der Waals surface area contributed by atoms with E-state index in [9.17, 15) is 22.8 Å². The van der Waals surface area contributed by atoms with Gasteiger partial charge in [-0.25, -0.2) is 4.79 Å². The first-order valence-corrected chi connectivity index (χ1v) is 8.18. The molecule has 2 aliphatic heterocycles. The molecule has 136 valence electrons. The van der Waals surface area contributed by atoms with Gasteiger partial charge in [0.1, 0.15) is 0 Å². The minimum atomic E-state index is -4.36. The van der Waals surface area contributed by atoms with E-state index in [1.807, 2.05) is 4.90 Å². The maximum absolute atomic E-state index is 12.8. The third kappa shape index (κ3) is 4.04. The molecule has 2 fully saturated rings. The van der Waals surface area contributed by atoms with Gasteiger partial charge in [0.2, 0.25) is 0 Å². The Morgan fingerprint density at radius 1 is 1.20 bits per heavy atom. The molecule has 3 amide bonds. The number of carbonyl (C=O) groups excluding carboxylic acids is 2. The van der Waals surface area contributed by atoms with Gasteiger partial charge in [0.15, 0.2) is 6.54 Å². The van der Waals surface area contributed by atoms with Crippen LogP contribution < -0.4 is 15.1 Å².